The Hall–Kier alpha value is -2.71. The van der Waals surface area contributed by atoms with Crippen LogP contribution in [-0.2, 0) is 19.1 Å². The number of hydrogen-bond acceptors (Lipinski definition) is 5. The van der Waals surface area contributed by atoms with E-state index in [1.807, 2.05) is 32.0 Å². The first-order valence-electron chi connectivity index (χ1n) is 11.5. The molecule has 1 aromatic rings. The summed E-state index contributed by atoms with van der Waals surface area (Å²) in [5.74, 6) is -3.70. The Morgan fingerprint density at radius 1 is 1.30 bits per heavy atom. The number of carbonyl (C=O) groups is 3. The van der Waals surface area contributed by atoms with Crippen LogP contribution in [0.15, 0.2) is 30.9 Å². The van der Waals surface area contributed by atoms with Crippen LogP contribution in [0.1, 0.15) is 37.3 Å². The lowest BCUT2D eigenvalue weighted by molar-refractivity contribution is -0.154. The van der Waals surface area contributed by atoms with E-state index in [-0.39, 0.29) is 37.9 Å². The SMILES string of the molecule is C=CCN(C(=O)C1N(CCCO)C(=O)[C@@H]2[C@H](C(=O)O)[C@]3(C)CCC12O3)c1c(C)cccc1C. The van der Waals surface area contributed by atoms with Crippen molar-refractivity contribution in [2.75, 3.05) is 24.6 Å². The van der Waals surface area contributed by atoms with Crippen LogP contribution < -0.4 is 4.90 Å². The number of amides is 2. The number of likely N-dealkylation sites (tertiary alicyclic amines) is 1. The molecule has 3 fully saturated rings. The van der Waals surface area contributed by atoms with Gasteiger partial charge in [0.1, 0.15) is 11.6 Å². The van der Waals surface area contributed by atoms with Crippen molar-refractivity contribution in [3.05, 3.63) is 42.0 Å². The van der Waals surface area contributed by atoms with Gasteiger partial charge >= 0.3 is 5.97 Å². The van der Waals surface area contributed by atoms with Crippen molar-refractivity contribution in [3.8, 4) is 0 Å². The first-order chi connectivity index (χ1) is 15.6. The first kappa shape index (κ1) is 23.4. The third-order valence-electron chi connectivity index (χ3n) is 7.62. The van der Waals surface area contributed by atoms with Crippen molar-refractivity contribution >= 4 is 23.5 Å². The van der Waals surface area contributed by atoms with Crippen LogP contribution in [0.2, 0.25) is 0 Å². The van der Waals surface area contributed by atoms with Gasteiger partial charge in [0.2, 0.25) is 5.91 Å². The molecule has 4 rings (SSSR count). The highest BCUT2D eigenvalue weighted by molar-refractivity contribution is 6.05. The van der Waals surface area contributed by atoms with Gasteiger partial charge in [-0.25, -0.2) is 0 Å². The average Bonchev–Trinajstić information content (AvgIpc) is 3.31. The number of rotatable bonds is 8. The van der Waals surface area contributed by atoms with E-state index in [9.17, 15) is 24.6 Å². The minimum absolute atomic E-state index is 0.142. The van der Waals surface area contributed by atoms with Gasteiger partial charge in [0, 0.05) is 25.4 Å². The number of nitrogens with zero attached hydrogens (tertiary/aromatic N) is 2. The largest absolute Gasteiger partial charge is 0.481 e. The number of anilines is 1. The second-order valence-corrected chi connectivity index (χ2v) is 9.65. The Kier molecular flexibility index (Phi) is 5.87. The van der Waals surface area contributed by atoms with Crippen LogP contribution >= 0.6 is 0 Å². The fraction of sp³-hybridized carbons (Fsp3) is 0.560. The summed E-state index contributed by atoms with van der Waals surface area (Å²) in [4.78, 5) is 43.2. The highest BCUT2D eigenvalue weighted by Gasteiger charge is 2.78. The number of benzene rings is 1. The van der Waals surface area contributed by atoms with Crippen LogP contribution in [0.25, 0.3) is 0 Å². The van der Waals surface area contributed by atoms with Gasteiger partial charge in [0.25, 0.3) is 5.91 Å². The third-order valence-corrected chi connectivity index (χ3v) is 7.62. The van der Waals surface area contributed by atoms with Crippen LogP contribution in [0, 0.1) is 25.7 Å². The summed E-state index contributed by atoms with van der Waals surface area (Å²) in [6.45, 7) is 9.66. The Bertz CT molecular complexity index is 988. The highest BCUT2D eigenvalue weighted by atomic mass is 16.5. The molecule has 1 spiro atoms. The van der Waals surface area contributed by atoms with E-state index < -0.39 is 35.0 Å². The van der Waals surface area contributed by atoms with Gasteiger partial charge < -0.3 is 24.7 Å². The fourth-order valence-electron chi connectivity index (χ4n) is 6.36. The monoisotopic (exact) mass is 456 g/mol. The van der Waals surface area contributed by atoms with Gasteiger partial charge in [-0.05, 0) is 51.2 Å². The van der Waals surface area contributed by atoms with E-state index >= 15 is 0 Å². The standard InChI is InChI=1S/C25H32N2O6/c1-5-12-26(19-15(2)8-6-9-16(19)3)22(30)20-25-11-10-24(4,33-25)18(23(31)32)17(25)21(29)27(20)13-7-14-28/h5-6,8-9,17-18,20,28H,1,7,10-14H2,2-4H3,(H,31,32)/t17-,18+,20?,24-,25?/m0/s1. The average molecular weight is 457 g/mol. The molecule has 0 radical (unpaired) electrons. The first-order valence-corrected chi connectivity index (χ1v) is 11.5. The van der Waals surface area contributed by atoms with Crippen LogP contribution in [0.3, 0.4) is 0 Å². The van der Waals surface area contributed by atoms with Crippen molar-refractivity contribution in [1.82, 2.24) is 4.90 Å². The van der Waals surface area contributed by atoms with E-state index in [2.05, 4.69) is 6.58 Å². The van der Waals surface area contributed by atoms with Crippen LogP contribution in [0.4, 0.5) is 5.69 Å². The lowest BCUT2D eigenvalue weighted by Crippen LogP contribution is -2.56. The molecule has 3 heterocycles. The molecule has 3 aliphatic rings. The molecule has 5 atom stereocenters. The van der Waals surface area contributed by atoms with Crippen molar-refractivity contribution in [2.45, 2.75) is 57.3 Å². The quantitative estimate of drug-likeness (QED) is 0.580. The maximum Gasteiger partial charge on any atom is 0.310 e. The lowest BCUT2D eigenvalue weighted by atomic mass is 9.66. The van der Waals surface area contributed by atoms with Gasteiger partial charge in [0.15, 0.2) is 0 Å². The molecule has 1 aromatic carbocycles. The second kappa shape index (κ2) is 8.25. The lowest BCUT2D eigenvalue weighted by Gasteiger charge is -2.37. The zero-order chi connectivity index (χ0) is 24.1. The summed E-state index contributed by atoms with van der Waals surface area (Å²) >= 11 is 0. The third kappa shape index (κ3) is 3.30. The van der Waals surface area contributed by atoms with Gasteiger partial charge in [-0.15, -0.1) is 6.58 Å². The number of hydrogen-bond donors (Lipinski definition) is 2. The molecule has 2 N–H and O–H groups in total. The van der Waals surface area contributed by atoms with Gasteiger partial charge in [0.05, 0.1) is 17.4 Å². The van der Waals surface area contributed by atoms with E-state index in [0.29, 0.717) is 12.8 Å². The van der Waals surface area contributed by atoms with Gasteiger partial charge in [-0.3, -0.25) is 14.4 Å². The van der Waals surface area contributed by atoms with E-state index in [0.717, 1.165) is 16.8 Å². The predicted octanol–water partition coefficient (Wildman–Crippen LogP) is 2.05. The fourth-order valence-corrected chi connectivity index (χ4v) is 6.36. The molecular weight excluding hydrogens is 424 g/mol. The molecule has 2 amide bonds. The molecule has 178 valence electrons. The normalized spacial score (nSPS) is 32.2. The van der Waals surface area contributed by atoms with Gasteiger partial charge in [-0.2, -0.15) is 0 Å². The Labute approximate surface area is 193 Å². The van der Waals surface area contributed by atoms with E-state index in [4.69, 9.17) is 4.74 Å². The summed E-state index contributed by atoms with van der Waals surface area (Å²) in [7, 11) is 0. The van der Waals surface area contributed by atoms with E-state index in [1.165, 1.54) is 4.90 Å². The summed E-state index contributed by atoms with van der Waals surface area (Å²) in [5.41, 5.74) is 0.396. The molecule has 8 heteroatoms. The van der Waals surface area contributed by atoms with Crippen molar-refractivity contribution in [2.24, 2.45) is 11.8 Å². The Morgan fingerprint density at radius 3 is 2.55 bits per heavy atom. The maximum absolute atomic E-state index is 14.3. The molecule has 0 saturated carbocycles. The summed E-state index contributed by atoms with van der Waals surface area (Å²) < 4.78 is 6.41. The number of para-hydroxylation sites is 1. The molecule has 3 saturated heterocycles. The number of aryl methyl sites for hydroxylation is 2. The number of fused-ring (bicyclic) bond motifs is 1. The number of ether oxygens (including phenoxy) is 1. The molecule has 8 nitrogen and oxygen atoms in total. The Morgan fingerprint density at radius 2 is 1.97 bits per heavy atom. The molecule has 3 aliphatic heterocycles. The molecule has 0 aliphatic carbocycles. The number of aliphatic carboxylic acids is 1. The van der Waals surface area contributed by atoms with Crippen LogP contribution in [0.5, 0.6) is 0 Å². The Balaban J connectivity index is 1.84. The minimum atomic E-state index is -1.20. The smallest absolute Gasteiger partial charge is 0.310 e. The van der Waals surface area contributed by atoms with E-state index in [1.54, 1.807) is 17.9 Å². The molecule has 2 bridgehead atoms. The number of carboxylic acids is 1. The zero-order valence-electron chi connectivity index (χ0n) is 19.4. The van der Waals surface area contributed by atoms with Crippen molar-refractivity contribution in [1.29, 1.82) is 0 Å². The second-order valence-electron chi connectivity index (χ2n) is 9.65. The summed E-state index contributed by atoms with van der Waals surface area (Å²) in [6, 6.07) is 4.81. The minimum Gasteiger partial charge on any atom is -0.481 e. The molecular formula is C25H32N2O6. The topological polar surface area (TPSA) is 107 Å². The van der Waals surface area contributed by atoms with Crippen molar-refractivity contribution in [3.63, 3.8) is 0 Å². The molecule has 33 heavy (non-hydrogen) atoms. The number of aliphatic hydroxyl groups is 1. The van der Waals surface area contributed by atoms with Gasteiger partial charge in [-0.1, -0.05) is 24.3 Å². The summed E-state index contributed by atoms with van der Waals surface area (Å²) in [6.07, 6.45) is 2.83. The van der Waals surface area contributed by atoms with Crippen LogP contribution in [-0.4, -0.2) is 69.8 Å². The maximum atomic E-state index is 14.3. The predicted molar refractivity (Wildman–Crippen MR) is 122 cm³/mol. The molecule has 0 aromatic heterocycles. The zero-order valence-corrected chi connectivity index (χ0v) is 19.4. The highest BCUT2D eigenvalue weighted by Crippen LogP contribution is 2.63. The summed E-state index contributed by atoms with van der Waals surface area (Å²) in [5, 5.41) is 19.4. The van der Waals surface area contributed by atoms with Crippen molar-refractivity contribution < 1.29 is 29.3 Å². The number of carboxylic acid groups (broad SMARTS) is 1. The number of aliphatic hydroxyl groups excluding tert-OH is 1. The number of carbonyl (C=O) groups excluding carboxylic acids is 2. The molecule has 2 unspecified atom stereocenters.